The highest BCUT2D eigenvalue weighted by Gasteiger charge is 2.22. The average molecular weight is 389 g/mol. The number of fused-ring (bicyclic) bond motifs is 1. The molecule has 0 radical (unpaired) electrons. The number of anilines is 1. The van der Waals surface area contributed by atoms with Crippen molar-refractivity contribution in [3.8, 4) is 0 Å². The van der Waals surface area contributed by atoms with Crippen molar-refractivity contribution < 1.29 is 4.79 Å². The van der Waals surface area contributed by atoms with Gasteiger partial charge in [0.05, 0.1) is 15.6 Å². The minimum absolute atomic E-state index is 0.141. The van der Waals surface area contributed by atoms with Gasteiger partial charge in [-0.25, -0.2) is 0 Å². The summed E-state index contributed by atoms with van der Waals surface area (Å²) in [4.78, 5) is 18.2. The quantitative estimate of drug-likeness (QED) is 0.749. The van der Waals surface area contributed by atoms with E-state index in [1.54, 1.807) is 11.3 Å². The van der Waals surface area contributed by atoms with Crippen LogP contribution < -0.4 is 4.90 Å². The first-order valence-electron chi connectivity index (χ1n) is 10.1. The summed E-state index contributed by atoms with van der Waals surface area (Å²) >= 11 is 1.67. The Balaban J connectivity index is 1.70. The molecule has 6 heteroatoms. The van der Waals surface area contributed by atoms with Crippen molar-refractivity contribution in [2.45, 2.75) is 59.9 Å². The predicted molar refractivity (Wildman–Crippen MR) is 113 cm³/mol. The predicted octanol–water partition coefficient (Wildman–Crippen LogP) is 4.06. The van der Waals surface area contributed by atoms with Gasteiger partial charge in [0.15, 0.2) is 0 Å². The molecule has 3 heterocycles. The molecule has 0 saturated heterocycles. The fourth-order valence-corrected chi connectivity index (χ4v) is 5.26. The van der Waals surface area contributed by atoms with E-state index in [0.717, 1.165) is 49.6 Å². The lowest BCUT2D eigenvalue weighted by molar-refractivity contribution is 0.0801. The van der Waals surface area contributed by atoms with Gasteiger partial charge in [0, 0.05) is 38.9 Å². The zero-order chi connectivity index (χ0) is 19.6. The highest BCUT2D eigenvalue weighted by atomic mass is 32.1. The second-order valence-electron chi connectivity index (χ2n) is 7.42. The van der Waals surface area contributed by atoms with Crippen molar-refractivity contribution in [2.75, 3.05) is 31.6 Å². The molecule has 0 aromatic carbocycles. The van der Waals surface area contributed by atoms with E-state index in [9.17, 15) is 4.79 Å². The summed E-state index contributed by atoms with van der Waals surface area (Å²) in [5, 5.41) is 5.90. The van der Waals surface area contributed by atoms with Crippen LogP contribution in [0.2, 0.25) is 0 Å². The summed E-state index contributed by atoms with van der Waals surface area (Å²) in [6.45, 7) is 12.2. The normalized spacial score (nSPS) is 14.2. The summed E-state index contributed by atoms with van der Waals surface area (Å²) < 4.78 is 2.04. The number of nitrogens with zero attached hydrogens (tertiary/aromatic N) is 4. The fraction of sp³-hybridized carbons (Fsp3) is 0.619. The smallest absolute Gasteiger partial charge is 0.263 e. The maximum absolute atomic E-state index is 13.0. The van der Waals surface area contributed by atoms with E-state index in [4.69, 9.17) is 0 Å². The van der Waals surface area contributed by atoms with E-state index < -0.39 is 0 Å². The van der Waals surface area contributed by atoms with Crippen molar-refractivity contribution in [1.82, 2.24) is 14.7 Å². The van der Waals surface area contributed by atoms with Gasteiger partial charge in [-0.3, -0.25) is 9.48 Å². The van der Waals surface area contributed by atoms with Crippen molar-refractivity contribution in [2.24, 2.45) is 0 Å². The number of rotatable bonds is 6. The van der Waals surface area contributed by atoms with Crippen LogP contribution >= 0.6 is 11.3 Å². The standard InChI is InChI=1S/C21H32N4OS/c1-6-24-12-9-8-10-17-14-19(27-21(17)24)20(26)23(5)13-11-18-15(3)22-25(7-2)16(18)4/h14H,6-13H2,1-5H3. The molecular weight excluding hydrogens is 356 g/mol. The van der Waals surface area contributed by atoms with Gasteiger partial charge >= 0.3 is 0 Å². The molecule has 1 aliphatic rings. The molecule has 0 saturated carbocycles. The Hall–Kier alpha value is -1.82. The van der Waals surface area contributed by atoms with Gasteiger partial charge in [-0.15, -0.1) is 11.3 Å². The van der Waals surface area contributed by atoms with Crippen LogP contribution in [0.3, 0.4) is 0 Å². The topological polar surface area (TPSA) is 41.4 Å². The zero-order valence-corrected chi connectivity index (χ0v) is 18.2. The number of carbonyl (C=O) groups excluding carboxylic acids is 1. The van der Waals surface area contributed by atoms with E-state index in [-0.39, 0.29) is 5.91 Å². The lowest BCUT2D eigenvalue weighted by Crippen LogP contribution is -2.28. The maximum Gasteiger partial charge on any atom is 0.263 e. The van der Waals surface area contributed by atoms with Gasteiger partial charge < -0.3 is 9.80 Å². The summed E-state index contributed by atoms with van der Waals surface area (Å²) in [6, 6.07) is 2.14. The number of likely N-dealkylation sites (N-methyl/N-ethyl adjacent to an activating group) is 1. The largest absolute Gasteiger partial charge is 0.363 e. The van der Waals surface area contributed by atoms with E-state index in [2.05, 4.69) is 43.8 Å². The highest BCUT2D eigenvalue weighted by Crippen LogP contribution is 2.35. The van der Waals surface area contributed by atoms with E-state index >= 15 is 0 Å². The lowest BCUT2D eigenvalue weighted by Gasteiger charge is -2.20. The van der Waals surface area contributed by atoms with Crippen LogP contribution in [0.4, 0.5) is 5.00 Å². The Bertz CT molecular complexity index is 807. The fourth-order valence-electron chi connectivity index (χ4n) is 3.97. The number of hydrogen-bond donors (Lipinski definition) is 0. The number of amides is 1. The third kappa shape index (κ3) is 4.05. The molecule has 0 unspecified atom stereocenters. The van der Waals surface area contributed by atoms with Gasteiger partial charge in [0.25, 0.3) is 5.91 Å². The lowest BCUT2D eigenvalue weighted by atomic mass is 10.1. The summed E-state index contributed by atoms with van der Waals surface area (Å²) in [7, 11) is 1.92. The first kappa shape index (κ1) is 19.9. The molecule has 0 fully saturated rings. The molecule has 0 spiro atoms. The van der Waals surface area contributed by atoms with E-state index in [1.807, 2.05) is 16.6 Å². The molecule has 2 aromatic heterocycles. The molecule has 0 aliphatic carbocycles. The Kier molecular flexibility index (Phi) is 6.25. The van der Waals surface area contributed by atoms with Crippen LogP contribution in [-0.2, 0) is 19.4 Å². The SMILES string of the molecule is CCN1CCCCc2cc(C(=O)N(C)CCc3c(C)nn(CC)c3C)sc21. The number of aryl methyl sites for hydroxylation is 3. The number of carbonyl (C=O) groups is 1. The van der Waals surface area contributed by atoms with Gasteiger partial charge in [0.2, 0.25) is 0 Å². The molecule has 2 aromatic rings. The second kappa shape index (κ2) is 8.46. The molecule has 148 valence electrons. The summed E-state index contributed by atoms with van der Waals surface area (Å²) in [6.07, 6.45) is 4.40. The number of thiophene rings is 1. The van der Waals surface area contributed by atoms with Gasteiger partial charge in [-0.2, -0.15) is 5.10 Å². The molecule has 1 aliphatic heterocycles. The van der Waals surface area contributed by atoms with Crippen LogP contribution in [0.25, 0.3) is 0 Å². The van der Waals surface area contributed by atoms with Gasteiger partial charge in [0.1, 0.15) is 0 Å². The van der Waals surface area contributed by atoms with Gasteiger partial charge in [-0.05, 0) is 70.6 Å². The molecule has 5 nitrogen and oxygen atoms in total. The average Bonchev–Trinajstić information content (AvgIpc) is 3.13. The highest BCUT2D eigenvalue weighted by molar-refractivity contribution is 7.18. The molecule has 3 rings (SSSR count). The summed E-state index contributed by atoms with van der Waals surface area (Å²) in [5.41, 5.74) is 4.93. The minimum atomic E-state index is 0.141. The molecule has 0 N–H and O–H groups in total. The third-order valence-electron chi connectivity index (χ3n) is 5.67. The van der Waals surface area contributed by atoms with Crippen LogP contribution in [0.5, 0.6) is 0 Å². The number of hydrogen-bond acceptors (Lipinski definition) is 4. The Morgan fingerprint density at radius 1 is 1.26 bits per heavy atom. The maximum atomic E-state index is 13.0. The van der Waals surface area contributed by atoms with E-state index in [1.165, 1.54) is 34.7 Å². The second-order valence-corrected chi connectivity index (χ2v) is 8.45. The monoisotopic (exact) mass is 388 g/mol. The Morgan fingerprint density at radius 2 is 2.04 bits per heavy atom. The Morgan fingerprint density at radius 3 is 2.70 bits per heavy atom. The van der Waals surface area contributed by atoms with E-state index in [0.29, 0.717) is 0 Å². The van der Waals surface area contributed by atoms with Crippen LogP contribution in [0, 0.1) is 13.8 Å². The van der Waals surface area contributed by atoms with Gasteiger partial charge in [-0.1, -0.05) is 0 Å². The van der Waals surface area contributed by atoms with Crippen LogP contribution in [0.1, 0.15) is 58.9 Å². The van der Waals surface area contributed by atoms with Crippen molar-refractivity contribution in [3.63, 3.8) is 0 Å². The Labute approximate surface area is 167 Å². The molecular formula is C21H32N4OS. The zero-order valence-electron chi connectivity index (χ0n) is 17.3. The van der Waals surface area contributed by atoms with Crippen LogP contribution in [0.15, 0.2) is 6.07 Å². The van der Waals surface area contributed by atoms with Crippen molar-refractivity contribution in [1.29, 1.82) is 0 Å². The first-order chi connectivity index (χ1) is 13.0. The molecule has 27 heavy (non-hydrogen) atoms. The number of aromatic nitrogens is 2. The van der Waals surface area contributed by atoms with Crippen molar-refractivity contribution in [3.05, 3.63) is 33.5 Å². The first-order valence-corrected chi connectivity index (χ1v) is 10.9. The third-order valence-corrected chi connectivity index (χ3v) is 6.89. The molecule has 0 bridgehead atoms. The van der Waals surface area contributed by atoms with Crippen molar-refractivity contribution >= 4 is 22.2 Å². The molecule has 0 atom stereocenters. The minimum Gasteiger partial charge on any atom is -0.363 e. The summed E-state index contributed by atoms with van der Waals surface area (Å²) in [5.74, 6) is 0.141. The molecule has 1 amide bonds. The van der Waals surface area contributed by atoms with Crippen LogP contribution in [-0.4, -0.2) is 47.3 Å².